The van der Waals surface area contributed by atoms with E-state index in [0.29, 0.717) is 11.0 Å². The number of rotatable bonds is 5. The molecule has 2 N–H and O–H groups in total. The molecule has 1 unspecified atom stereocenters. The molecule has 0 amide bonds. The SMILES string of the molecule is CC(C1CC1)N(C)Cc1cccc(C(N)=S)c1. The molecule has 1 fully saturated rings. The fourth-order valence-corrected chi connectivity index (χ4v) is 2.32. The van der Waals surface area contributed by atoms with Crippen molar-refractivity contribution in [2.75, 3.05) is 7.05 Å². The highest BCUT2D eigenvalue weighted by atomic mass is 32.1. The Balaban J connectivity index is 2.02. The van der Waals surface area contributed by atoms with Crippen LogP contribution in [0.25, 0.3) is 0 Å². The van der Waals surface area contributed by atoms with Gasteiger partial charge in [-0.3, -0.25) is 4.90 Å². The summed E-state index contributed by atoms with van der Waals surface area (Å²) in [5.74, 6) is 0.902. The van der Waals surface area contributed by atoms with Crippen LogP contribution in [0, 0.1) is 5.92 Å². The van der Waals surface area contributed by atoms with Crippen LogP contribution < -0.4 is 5.73 Å². The van der Waals surface area contributed by atoms with Gasteiger partial charge in [-0.15, -0.1) is 0 Å². The van der Waals surface area contributed by atoms with Crippen molar-refractivity contribution in [3.05, 3.63) is 35.4 Å². The Morgan fingerprint density at radius 1 is 1.53 bits per heavy atom. The van der Waals surface area contributed by atoms with Crippen molar-refractivity contribution in [3.8, 4) is 0 Å². The number of hydrogen-bond acceptors (Lipinski definition) is 2. The van der Waals surface area contributed by atoms with Gasteiger partial charge in [-0.25, -0.2) is 0 Å². The first-order chi connectivity index (χ1) is 8.08. The predicted octanol–water partition coefficient (Wildman–Crippen LogP) is 2.55. The first-order valence-corrected chi connectivity index (χ1v) is 6.57. The summed E-state index contributed by atoms with van der Waals surface area (Å²) in [6, 6.07) is 8.90. The summed E-state index contributed by atoms with van der Waals surface area (Å²) in [6.07, 6.45) is 2.77. The van der Waals surface area contributed by atoms with Gasteiger partial charge in [0.2, 0.25) is 0 Å². The van der Waals surface area contributed by atoms with E-state index in [1.165, 1.54) is 18.4 Å². The zero-order valence-electron chi connectivity index (χ0n) is 10.5. The summed E-state index contributed by atoms with van der Waals surface area (Å²) in [5, 5.41) is 0. The molecule has 0 saturated heterocycles. The minimum Gasteiger partial charge on any atom is -0.389 e. The van der Waals surface area contributed by atoms with E-state index < -0.39 is 0 Å². The van der Waals surface area contributed by atoms with E-state index in [-0.39, 0.29) is 0 Å². The number of nitrogens with two attached hydrogens (primary N) is 1. The van der Waals surface area contributed by atoms with Crippen LogP contribution in [0.5, 0.6) is 0 Å². The van der Waals surface area contributed by atoms with Gasteiger partial charge < -0.3 is 5.73 Å². The van der Waals surface area contributed by atoms with Crippen molar-refractivity contribution in [2.24, 2.45) is 11.7 Å². The molecule has 0 bridgehead atoms. The highest BCUT2D eigenvalue weighted by molar-refractivity contribution is 7.80. The van der Waals surface area contributed by atoms with E-state index in [1.807, 2.05) is 12.1 Å². The van der Waals surface area contributed by atoms with Gasteiger partial charge in [0.25, 0.3) is 0 Å². The van der Waals surface area contributed by atoms with Crippen molar-refractivity contribution < 1.29 is 0 Å². The molecule has 1 aromatic carbocycles. The maximum atomic E-state index is 5.65. The van der Waals surface area contributed by atoms with Crippen LogP contribution in [0.2, 0.25) is 0 Å². The molecule has 1 aliphatic carbocycles. The molecular weight excluding hydrogens is 228 g/mol. The van der Waals surface area contributed by atoms with Gasteiger partial charge in [0.15, 0.2) is 0 Å². The molecule has 1 aliphatic rings. The first-order valence-electron chi connectivity index (χ1n) is 6.17. The van der Waals surface area contributed by atoms with E-state index in [0.717, 1.165) is 18.0 Å². The second-order valence-corrected chi connectivity index (χ2v) is 5.50. The molecule has 92 valence electrons. The Hall–Kier alpha value is -0.930. The second-order valence-electron chi connectivity index (χ2n) is 5.06. The minimum absolute atomic E-state index is 0.477. The standard InChI is InChI=1S/C14H20N2S/c1-10(12-6-7-12)16(2)9-11-4-3-5-13(8-11)14(15)17/h3-5,8,10,12H,6-7,9H2,1-2H3,(H2,15,17). The second kappa shape index (κ2) is 5.15. The van der Waals surface area contributed by atoms with Crippen LogP contribution in [-0.2, 0) is 6.54 Å². The molecule has 0 heterocycles. The monoisotopic (exact) mass is 248 g/mol. The lowest BCUT2D eigenvalue weighted by Gasteiger charge is -2.24. The van der Waals surface area contributed by atoms with E-state index in [4.69, 9.17) is 18.0 Å². The maximum absolute atomic E-state index is 5.65. The molecule has 1 saturated carbocycles. The average molecular weight is 248 g/mol. The molecule has 3 heteroatoms. The summed E-state index contributed by atoms with van der Waals surface area (Å²) < 4.78 is 0. The molecule has 2 nitrogen and oxygen atoms in total. The summed E-state index contributed by atoms with van der Waals surface area (Å²) in [4.78, 5) is 2.89. The Labute approximate surface area is 109 Å². The smallest absolute Gasteiger partial charge is 0.103 e. The summed E-state index contributed by atoms with van der Waals surface area (Å²) >= 11 is 5.00. The third-order valence-corrected chi connectivity index (χ3v) is 3.88. The zero-order valence-corrected chi connectivity index (χ0v) is 11.3. The average Bonchev–Trinajstić information content (AvgIpc) is 3.12. The molecule has 1 atom stereocenters. The molecule has 0 aromatic heterocycles. The van der Waals surface area contributed by atoms with Gasteiger partial charge in [-0.2, -0.15) is 0 Å². The van der Waals surface area contributed by atoms with Crippen LogP contribution in [0.15, 0.2) is 24.3 Å². The predicted molar refractivity (Wildman–Crippen MR) is 76.0 cm³/mol. The van der Waals surface area contributed by atoms with E-state index in [9.17, 15) is 0 Å². The van der Waals surface area contributed by atoms with Gasteiger partial charge in [0.1, 0.15) is 4.99 Å². The lowest BCUT2D eigenvalue weighted by molar-refractivity contribution is 0.226. The van der Waals surface area contributed by atoms with Crippen LogP contribution in [0.1, 0.15) is 30.9 Å². The van der Waals surface area contributed by atoms with Gasteiger partial charge in [-0.1, -0.05) is 30.4 Å². The lowest BCUT2D eigenvalue weighted by atomic mass is 10.1. The Morgan fingerprint density at radius 3 is 2.82 bits per heavy atom. The van der Waals surface area contributed by atoms with E-state index in [1.54, 1.807) is 0 Å². The molecule has 1 aromatic rings. The Bertz CT molecular complexity index is 412. The zero-order chi connectivity index (χ0) is 12.4. The van der Waals surface area contributed by atoms with Crippen molar-refractivity contribution in [1.82, 2.24) is 4.90 Å². The van der Waals surface area contributed by atoms with Crippen LogP contribution >= 0.6 is 12.2 Å². The van der Waals surface area contributed by atoms with E-state index >= 15 is 0 Å². The van der Waals surface area contributed by atoms with Crippen molar-refractivity contribution >= 4 is 17.2 Å². The topological polar surface area (TPSA) is 29.3 Å². The number of nitrogens with zero attached hydrogens (tertiary/aromatic N) is 1. The van der Waals surface area contributed by atoms with Crippen molar-refractivity contribution in [3.63, 3.8) is 0 Å². The fourth-order valence-electron chi connectivity index (χ4n) is 2.19. The van der Waals surface area contributed by atoms with Gasteiger partial charge in [0.05, 0.1) is 0 Å². The summed E-state index contributed by atoms with van der Waals surface area (Å²) in [7, 11) is 2.19. The molecule has 0 spiro atoms. The van der Waals surface area contributed by atoms with Gasteiger partial charge >= 0.3 is 0 Å². The largest absolute Gasteiger partial charge is 0.389 e. The van der Waals surface area contributed by atoms with Crippen LogP contribution in [0.4, 0.5) is 0 Å². The number of benzene rings is 1. The quantitative estimate of drug-likeness (QED) is 0.812. The Morgan fingerprint density at radius 2 is 2.24 bits per heavy atom. The molecular formula is C14H20N2S. The lowest BCUT2D eigenvalue weighted by Crippen LogP contribution is -2.30. The molecule has 0 radical (unpaired) electrons. The van der Waals surface area contributed by atoms with Gasteiger partial charge in [0, 0.05) is 18.2 Å². The first kappa shape index (κ1) is 12.5. The Kier molecular flexibility index (Phi) is 3.79. The van der Waals surface area contributed by atoms with Crippen molar-refractivity contribution in [2.45, 2.75) is 32.4 Å². The molecule has 17 heavy (non-hydrogen) atoms. The highest BCUT2D eigenvalue weighted by Gasteiger charge is 2.30. The highest BCUT2D eigenvalue weighted by Crippen LogP contribution is 2.35. The fraction of sp³-hybridized carbons (Fsp3) is 0.500. The molecule has 2 rings (SSSR count). The van der Waals surface area contributed by atoms with Crippen molar-refractivity contribution in [1.29, 1.82) is 0 Å². The van der Waals surface area contributed by atoms with Crippen LogP contribution in [-0.4, -0.2) is 23.0 Å². The normalized spacial score (nSPS) is 17.1. The van der Waals surface area contributed by atoms with Gasteiger partial charge in [-0.05, 0) is 44.4 Å². The summed E-state index contributed by atoms with van der Waals surface area (Å²) in [5.41, 5.74) is 7.89. The minimum atomic E-state index is 0.477. The number of thiocarbonyl (C=S) groups is 1. The molecule has 0 aliphatic heterocycles. The maximum Gasteiger partial charge on any atom is 0.103 e. The third-order valence-electron chi connectivity index (χ3n) is 3.64. The van der Waals surface area contributed by atoms with E-state index in [2.05, 4.69) is 31.0 Å². The van der Waals surface area contributed by atoms with Crippen LogP contribution in [0.3, 0.4) is 0 Å². The number of hydrogen-bond donors (Lipinski definition) is 1. The third kappa shape index (κ3) is 3.27. The summed E-state index contributed by atoms with van der Waals surface area (Å²) in [6.45, 7) is 3.28.